The minimum atomic E-state index is -0.379. The zero-order valence-corrected chi connectivity index (χ0v) is 12.3. The standard InChI is InChI=1S/C15H18FN3O2/c1-17-13(7-11-8-15(21-3)19-9-18-11)10-4-5-14(20-2)12(16)6-10/h4-6,8-9,13,17H,7H2,1-3H3. The minimum Gasteiger partial charge on any atom is -0.494 e. The van der Waals surface area contributed by atoms with E-state index in [4.69, 9.17) is 9.47 Å². The number of nitrogens with zero attached hydrogens (tertiary/aromatic N) is 2. The van der Waals surface area contributed by atoms with Crippen molar-refractivity contribution in [3.05, 3.63) is 47.7 Å². The highest BCUT2D eigenvalue weighted by atomic mass is 19.1. The Morgan fingerprint density at radius 3 is 2.62 bits per heavy atom. The van der Waals surface area contributed by atoms with Gasteiger partial charge in [0.05, 0.1) is 14.2 Å². The maximum Gasteiger partial charge on any atom is 0.216 e. The molecule has 1 unspecified atom stereocenters. The first kappa shape index (κ1) is 15.2. The molecule has 1 aromatic heterocycles. The van der Waals surface area contributed by atoms with Gasteiger partial charge in [-0.25, -0.2) is 14.4 Å². The first-order valence-electron chi connectivity index (χ1n) is 6.53. The van der Waals surface area contributed by atoms with Crippen LogP contribution >= 0.6 is 0 Å². The molecule has 0 aliphatic carbocycles. The summed E-state index contributed by atoms with van der Waals surface area (Å²) in [7, 11) is 4.83. The second-order valence-corrected chi connectivity index (χ2v) is 4.49. The number of benzene rings is 1. The fourth-order valence-corrected chi connectivity index (χ4v) is 2.10. The number of rotatable bonds is 6. The molecule has 112 valence electrons. The molecule has 2 rings (SSSR count). The van der Waals surface area contributed by atoms with Crippen molar-refractivity contribution in [2.24, 2.45) is 0 Å². The number of ether oxygens (including phenoxy) is 2. The van der Waals surface area contributed by atoms with Crippen LogP contribution in [0.3, 0.4) is 0 Å². The third-order valence-corrected chi connectivity index (χ3v) is 3.25. The molecule has 1 atom stereocenters. The van der Waals surface area contributed by atoms with Gasteiger partial charge in [-0.1, -0.05) is 6.07 Å². The molecule has 0 amide bonds. The van der Waals surface area contributed by atoms with Gasteiger partial charge in [-0.05, 0) is 24.7 Å². The fraction of sp³-hybridized carbons (Fsp3) is 0.333. The van der Waals surface area contributed by atoms with E-state index in [0.29, 0.717) is 12.3 Å². The number of nitrogens with one attached hydrogen (secondary N) is 1. The molecule has 0 radical (unpaired) electrons. The van der Waals surface area contributed by atoms with Crippen LogP contribution in [0.2, 0.25) is 0 Å². The number of likely N-dealkylation sites (N-methyl/N-ethyl adjacent to an activating group) is 1. The Hall–Kier alpha value is -2.21. The Balaban J connectivity index is 2.21. The summed E-state index contributed by atoms with van der Waals surface area (Å²) >= 11 is 0. The van der Waals surface area contributed by atoms with Crippen molar-refractivity contribution in [1.82, 2.24) is 15.3 Å². The van der Waals surface area contributed by atoms with Crippen LogP contribution < -0.4 is 14.8 Å². The summed E-state index contributed by atoms with van der Waals surface area (Å²) in [6.07, 6.45) is 2.05. The molecule has 0 saturated carbocycles. The molecule has 0 aliphatic heterocycles. The van der Waals surface area contributed by atoms with Crippen molar-refractivity contribution in [2.45, 2.75) is 12.5 Å². The van der Waals surface area contributed by atoms with E-state index < -0.39 is 0 Å². The molecular weight excluding hydrogens is 273 g/mol. The van der Waals surface area contributed by atoms with Crippen molar-refractivity contribution in [3.63, 3.8) is 0 Å². The molecular formula is C15H18FN3O2. The van der Waals surface area contributed by atoms with Crippen molar-refractivity contribution in [1.29, 1.82) is 0 Å². The van der Waals surface area contributed by atoms with E-state index in [1.807, 2.05) is 13.1 Å². The lowest BCUT2D eigenvalue weighted by molar-refractivity contribution is 0.385. The van der Waals surface area contributed by atoms with Gasteiger partial charge < -0.3 is 14.8 Å². The van der Waals surface area contributed by atoms with Gasteiger partial charge >= 0.3 is 0 Å². The molecule has 6 heteroatoms. The first-order chi connectivity index (χ1) is 10.2. The lowest BCUT2D eigenvalue weighted by Gasteiger charge is -2.17. The van der Waals surface area contributed by atoms with Crippen molar-refractivity contribution < 1.29 is 13.9 Å². The maximum absolute atomic E-state index is 13.8. The van der Waals surface area contributed by atoms with Crippen LogP contribution in [0.15, 0.2) is 30.6 Å². The summed E-state index contributed by atoms with van der Waals surface area (Å²) in [5, 5.41) is 3.16. The number of hydrogen-bond donors (Lipinski definition) is 1. The predicted molar refractivity (Wildman–Crippen MR) is 77.0 cm³/mol. The van der Waals surface area contributed by atoms with E-state index in [2.05, 4.69) is 15.3 Å². The van der Waals surface area contributed by atoms with E-state index in [1.54, 1.807) is 19.2 Å². The summed E-state index contributed by atoms with van der Waals surface area (Å²) in [5.74, 6) is 0.364. The van der Waals surface area contributed by atoms with Crippen LogP contribution in [0.4, 0.5) is 4.39 Å². The van der Waals surface area contributed by atoms with Gasteiger partial charge in [-0.3, -0.25) is 0 Å². The fourth-order valence-electron chi connectivity index (χ4n) is 2.10. The van der Waals surface area contributed by atoms with Crippen molar-refractivity contribution in [2.75, 3.05) is 21.3 Å². The van der Waals surface area contributed by atoms with E-state index >= 15 is 0 Å². The van der Waals surface area contributed by atoms with Gasteiger partial charge in [-0.2, -0.15) is 0 Å². The number of halogens is 1. The third kappa shape index (κ3) is 3.66. The second kappa shape index (κ2) is 6.99. The highest BCUT2D eigenvalue weighted by Gasteiger charge is 2.14. The van der Waals surface area contributed by atoms with Crippen molar-refractivity contribution >= 4 is 0 Å². The summed E-state index contributed by atoms with van der Waals surface area (Å²) < 4.78 is 23.8. The largest absolute Gasteiger partial charge is 0.494 e. The second-order valence-electron chi connectivity index (χ2n) is 4.49. The highest BCUT2D eigenvalue weighted by molar-refractivity contribution is 5.31. The maximum atomic E-state index is 13.8. The monoisotopic (exact) mass is 291 g/mol. The van der Waals surface area contributed by atoms with Crippen LogP contribution in [0.5, 0.6) is 11.6 Å². The minimum absolute atomic E-state index is 0.0648. The Kier molecular flexibility index (Phi) is 5.05. The first-order valence-corrected chi connectivity index (χ1v) is 6.53. The molecule has 0 aliphatic rings. The zero-order chi connectivity index (χ0) is 15.2. The lowest BCUT2D eigenvalue weighted by atomic mass is 10.0. The molecule has 1 heterocycles. The van der Waals surface area contributed by atoms with Crippen LogP contribution in [0.1, 0.15) is 17.3 Å². The SMILES string of the molecule is CNC(Cc1cc(OC)ncn1)c1ccc(OC)c(F)c1. The molecule has 0 spiro atoms. The Morgan fingerprint density at radius 2 is 2.00 bits per heavy atom. The van der Waals surface area contributed by atoms with Gasteiger partial charge in [-0.15, -0.1) is 0 Å². The Labute approximate surface area is 123 Å². The van der Waals surface area contributed by atoms with E-state index in [9.17, 15) is 4.39 Å². The summed E-state index contributed by atoms with van der Waals surface area (Å²) in [6, 6.07) is 6.63. The van der Waals surface area contributed by atoms with Crippen LogP contribution in [-0.4, -0.2) is 31.2 Å². The average molecular weight is 291 g/mol. The smallest absolute Gasteiger partial charge is 0.216 e. The van der Waals surface area contributed by atoms with Crippen LogP contribution in [0.25, 0.3) is 0 Å². The van der Waals surface area contributed by atoms with Crippen LogP contribution in [-0.2, 0) is 6.42 Å². The van der Waals surface area contributed by atoms with E-state index in [1.165, 1.54) is 19.5 Å². The summed E-state index contributed by atoms with van der Waals surface area (Å²) in [5.41, 5.74) is 1.64. The number of hydrogen-bond acceptors (Lipinski definition) is 5. The van der Waals surface area contributed by atoms with Gasteiger partial charge in [0.1, 0.15) is 6.33 Å². The van der Waals surface area contributed by atoms with E-state index in [-0.39, 0.29) is 17.6 Å². The lowest BCUT2D eigenvalue weighted by Crippen LogP contribution is -2.19. The predicted octanol–water partition coefficient (Wildman–Crippen LogP) is 2.14. The Bertz CT molecular complexity index is 607. The van der Waals surface area contributed by atoms with Gasteiger partial charge in [0.25, 0.3) is 0 Å². The van der Waals surface area contributed by atoms with Gasteiger partial charge in [0, 0.05) is 24.2 Å². The van der Waals surface area contributed by atoms with Crippen LogP contribution in [0, 0.1) is 5.82 Å². The van der Waals surface area contributed by atoms with E-state index in [0.717, 1.165) is 11.3 Å². The number of methoxy groups -OCH3 is 2. The topological polar surface area (TPSA) is 56.3 Å². The van der Waals surface area contributed by atoms with Gasteiger partial charge in [0.2, 0.25) is 5.88 Å². The average Bonchev–Trinajstić information content (AvgIpc) is 2.52. The molecule has 1 aromatic carbocycles. The molecule has 0 bridgehead atoms. The summed E-state index contributed by atoms with van der Waals surface area (Å²) in [6.45, 7) is 0. The molecule has 2 aromatic rings. The molecule has 5 nitrogen and oxygen atoms in total. The molecule has 0 saturated heterocycles. The normalized spacial score (nSPS) is 12.0. The van der Waals surface area contributed by atoms with Gasteiger partial charge in [0.15, 0.2) is 11.6 Å². The zero-order valence-electron chi connectivity index (χ0n) is 12.3. The highest BCUT2D eigenvalue weighted by Crippen LogP contribution is 2.24. The molecule has 1 N–H and O–H groups in total. The Morgan fingerprint density at radius 1 is 1.19 bits per heavy atom. The van der Waals surface area contributed by atoms with Crippen molar-refractivity contribution in [3.8, 4) is 11.6 Å². The molecule has 21 heavy (non-hydrogen) atoms. The molecule has 0 fully saturated rings. The third-order valence-electron chi connectivity index (χ3n) is 3.25. The quantitative estimate of drug-likeness (QED) is 0.883. The summed E-state index contributed by atoms with van der Waals surface area (Å²) in [4.78, 5) is 8.18. The number of aromatic nitrogens is 2.